The first-order valence-electron chi connectivity index (χ1n) is 3.64. The molecule has 11 heavy (non-hydrogen) atoms. The van der Waals surface area contributed by atoms with E-state index in [0.29, 0.717) is 5.92 Å². The standard InChI is InChI=1S/C7H13N3O/c1-4(2)7(8)5-3-6(11)10-9-5/h3-4,7H,8H2,1-2H3,(H2,9,10,11)/t7-/m0/s1. The van der Waals surface area contributed by atoms with E-state index >= 15 is 0 Å². The van der Waals surface area contributed by atoms with Crippen LogP contribution in [0.4, 0.5) is 0 Å². The number of nitrogens with two attached hydrogens (primary N) is 1. The van der Waals surface area contributed by atoms with Crippen LogP contribution in [0.5, 0.6) is 0 Å². The first-order chi connectivity index (χ1) is 5.11. The molecule has 0 bridgehead atoms. The molecule has 4 nitrogen and oxygen atoms in total. The maximum atomic E-state index is 10.7. The molecule has 1 aromatic heterocycles. The van der Waals surface area contributed by atoms with Gasteiger partial charge in [0.15, 0.2) is 0 Å². The molecule has 0 fully saturated rings. The molecule has 0 saturated carbocycles. The summed E-state index contributed by atoms with van der Waals surface area (Å²) in [6.45, 7) is 4.02. The number of aromatic nitrogens is 2. The largest absolute Gasteiger partial charge is 0.322 e. The van der Waals surface area contributed by atoms with Crippen molar-refractivity contribution < 1.29 is 0 Å². The smallest absolute Gasteiger partial charge is 0.264 e. The van der Waals surface area contributed by atoms with E-state index in [9.17, 15) is 4.79 Å². The van der Waals surface area contributed by atoms with Crippen LogP contribution in [-0.2, 0) is 0 Å². The van der Waals surface area contributed by atoms with Gasteiger partial charge in [-0.1, -0.05) is 13.8 Å². The summed E-state index contributed by atoms with van der Waals surface area (Å²) in [6.07, 6.45) is 0. The average Bonchev–Trinajstić information content (AvgIpc) is 2.34. The lowest BCUT2D eigenvalue weighted by molar-refractivity contribution is 0.502. The van der Waals surface area contributed by atoms with Crippen LogP contribution in [0.15, 0.2) is 10.9 Å². The highest BCUT2D eigenvalue weighted by molar-refractivity contribution is 5.04. The van der Waals surface area contributed by atoms with Gasteiger partial charge < -0.3 is 10.8 Å². The lowest BCUT2D eigenvalue weighted by Gasteiger charge is -2.12. The molecule has 1 aromatic rings. The molecule has 4 heteroatoms. The van der Waals surface area contributed by atoms with Gasteiger partial charge in [0, 0.05) is 12.1 Å². The fourth-order valence-corrected chi connectivity index (χ4v) is 0.886. The summed E-state index contributed by atoms with van der Waals surface area (Å²) < 4.78 is 0. The Balaban J connectivity index is 2.84. The molecule has 0 aliphatic heterocycles. The first kappa shape index (κ1) is 8.07. The first-order valence-corrected chi connectivity index (χ1v) is 3.64. The van der Waals surface area contributed by atoms with E-state index in [4.69, 9.17) is 5.73 Å². The SMILES string of the molecule is CC(C)[C@H](N)c1cc(=O)[nH][nH]1. The number of nitrogens with one attached hydrogen (secondary N) is 2. The summed E-state index contributed by atoms with van der Waals surface area (Å²) >= 11 is 0. The maximum absolute atomic E-state index is 10.7. The average molecular weight is 155 g/mol. The Morgan fingerprint density at radius 2 is 2.09 bits per heavy atom. The quantitative estimate of drug-likeness (QED) is 0.576. The van der Waals surface area contributed by atoms with E-state index in [1.54, 1.807) is 0 Å². The lowest BCUT2D eigenvalue weighted by Crippen LogP contribution is -2.17. The number of hydrogen-bond acceptors (Lipinski definition) is 2. The second-order valence-corrected chi connectivity index (χ2v) is 2.98. The molecule has 1 heterocycles. The third-order valence-electron chi connectivity index (χ3n) is 1.69. The van der Waals surface area contributed by atoms with Crippen LogP contribution in [0.3, 0.4) is 0 Å². The van der Waals surface area contributed by atoms with Crippen molar-refractivity contribution in [3.05, 3.63) is 22.1 Å². The molecule has 0 aliphatic rings. The van der Waals surface area contributed by atoms with Crippen LogP contribution in [-0.4, -0.2) is 10.2 Å². The zero-order chi connectivity index (χ0) is 8.43. The number of H-pyrrole nitrogens is 2. The zero-order valence-electron chi connectivity index (χ0n) is 6.72. The van der Waals surface area contributed by atoms with Crippen LogP contribution in [0.2, 0.25) is 0 Å². The van der Waals surface area contributed by atoms with Crippen molar-refractivity contribution in [2.75, 3.05) is 0 Å². The molecule has 1 rings (SSSR count). The van der Waals surface area contributed by atoms with Gasteiger partial charge in [0.05, 0.1) is 5.69 Å². The van der Waals surface area contributed by atoms with E-state index in [2.05, 4.69) is 10.2 Å². The molecule has 62 valence electrons. The maximum Gasteiger partial charge on any atom is 0.264 e. The molecule has 0 unspecified atom stereocenters. The minimum atomic E-state index is -0.129. The van der Waals surface area contributed by atoms with Crippen molar-refractivity contribution in [1.29, 1.82) is 0 Å². The molecule has 0 aliphatic carbocycles. The van der Waals surface area contributed by atoms with Gasteiger partial charge in [-0.3, -0.25) is 9.89 Å². The Kier molecular flexibility index (Phi) is 2.14. The number of aromatic amines is 2. The number of hydrogen-bond donors (Lipinski definition) is 3. The Hall–Kier alpha value is -1.03. The third-order valence-corrected chi connectivity index (χ3v) is 1.69. The molecule has 0 spiro atoms. The van der Waals surface area contributed by atoms with Gasteiger partial charge in [-0.2, -0.15) is 0 Å². The summed E-state index contributed by atoms with van der Waals surface area (Å²) in [5.41, 5.74) is 6.40. The Bertz CT molecular complexity index is 273. The van der Waals surface area contributed by atoms with Gasteiger partial charge in [0.25, 0.3) is 5.56 Å². The van der Waals surface area contributed by atoms with Crippen LogP contribution in [0, 0.1) is 5.92 Å². The van der Waals surface area contributed by atoms with Crippen LogP contribution >= 0.6 is 0 Å². The fraction of sp³-hybridized carbons (Fsp3) is 0.571. The van der Waals surface area contributed by atoms with Gasteiger partial charge >= 0.3 is 0 Å². The molecule has 1 atom stereocenters. The highest BCUT2D eigenvalue weighted by atomic mass is 16.1. The minimum Gasteiger partial charge on any atom is -0.322 e. The second kappa shape index (κ2) is 2.92. The molecule has 0 radical (unpaired) electrons. The predicted molar refractivity (Wildman–Crippen MR) is 43.2 cm³/mol. The van der Waals surface area contributed by atoms with Crippen LogP contribution < -0.4 is 11.3 Å². The molecule has 0 saturated heterocycles. The Morgan fingerprint density at radius 1 is 1.45 bits per heavy atom. The van der Waals surface area contributed by atoms with Crippen molar-refractivity contribution in [3.63, 3.8) is 0 Å². The fourth-order valence-electron chi connectivity index (χ4n) is 0.886. The minimum absolute atomic E-state index is 0.0889. The van der Waals surface area contributed by atoms with E-state index in [1.165, 1.54) is 6.07 Å². The van der Waals surface area contributed by atoms with E-state index in [0.717, 1.165) is 5.69 Å². The van der Waals surface area contributed by atoms with Gasteiger partial charge in [-0.15, -0.1) is 0 Å². The second-order valence-electron chi connectivity index (χ2n) is 2.98. The molecular weight excluding hydrogens is 142 g/mol. The topological polar surface area (TPSA) is 74.7 Å². The summed E-state index contributed by atoms with van der Waals surface area (Å²) in [5, 5.41) is 5.17. The Morgan fingerprint density at radius 3 is 2.45 bits per heavy atom. The Labute approximate surface area is 64.8 Å². The number of rotatable bonds is 2. The highest BCUT2D eigenvalue weighted by Crippen LogP contribution is 2.13. The van der Waals surface area contributed by atoms with Crippen molar-refractivity contribution >= 4 is 0 Å². The zero-order valence-corrected chi connectivity index (χ0v) is 6.72. The van der Waals surface area contributed by atoms with Crippen molar-refractivity contribution in [2.45, 2.75) is 19.9 Å². The van der Waals surface area contributed by atoms with Crippen molar-refractivity contribution in [1.82, 2.24) is 10.2 Å². The lowest BCUT2D eigenvalue weighted by atomic mass is 10.0. The molecule has 4 N–H and O–H groups in total. The van der Waals surface area contributed by atoms with Crippen LogP contribution in [0.1, 0.15) is 25.6 Å². The summed E-state index contributed by atoms with van der Waals surface area (Å²) in [5.74, 6) is 0.335. The van der Waals surface area contributed by atoms with Crippen LogP contribution in [0.25, 0.3) is 0 Å². The third kappa shape index (κ3) is 1.71. The van der Waals surface area contributed by atoms with Gasteiger partial charge in [-0.05, 0) is 5.92 Å². The summed E-state index contributed by atoms with van der Waals surface area (Å²) in [4.78, 5) is 10.7. The monoisotopic (exact) mass is 155 g/mol. The normalized spacial score (nSPS) is 13.8. The van der Waals surface area contributed by atoms with E-state index in [-0.39, 0.29) is 11.6 Å². The van der Waals surface area contributed by atoms with Crippen molar-refractivity contribution in [3.8, 4) is 0 Å². The molecule has 0 aromatic carbocycles. The van der Waals surface area contributed by atoms with E-state index in [1.807, 2.05) is 13.8 Å². The van der Waals surface area contributed by atoms with Gasteiger partial charge in [0.1, 0.15) is 0 Å². The van der Waals surface area contributed by atoms with Crippen molar-refractivity contribution in [2.24, 2.45) is 11.7 Å². The highest BCUT2D eigenvalue weighted by Gasteiger charge is 2.11. The van der Waals surface area contributed by atoms with E-state index < -0.39 is 0 Å². The molecule has 0 amide bonds. The predicted octanol–water partition coefficient (Wildman–Crippen LogP) is 0.359. The van der Waals surface area contributed by atoms with Gasteiger partial charge in [0.2, 0.25) is 0 Å². The van der Waals surface area contributed by atoms with Gasteiger partial charge in [-0.25, -0.2) is 0 Å². The summed E-state index contributed by atoms with van der Waals surface area (Å²) in [7, 11) is 0. The summed E-state index contributed by atoms with van der Waals surface area (Å²) in [6, 6.07) is 1.40. The molecular formula is C7H13N3O.